The molecule has 1 fully saturated rings. The van der Waals surface area contributed by atoms with Crippen LogP contribution in [0.25, 0.3) is 0 Å². The van der Waals surface area contributed by atoms with Gasteiger partial charge in [-0.3, -0.25) is 4.79 Å². The van der Waals surface area contributed by atoms with Gasteiger partial charge in [0.15, 0.2) is 5.78 Å². The van der Waals surface area contributed by atoms with Crippen LogP contribution in [0.1, 0.15) is 23.2 Å². The van der Waals surface area contributed by atoms with Crippen LogP contribution in [0.15, 0.2) is 18.2 Å². The average molecular weight is 285 g/mol. The zero-order valence-electron chi connectivity index (χ0n) is 10.9. The van der Waals surface area contributed by atoms with Crippen LogP contribution >= 0.6 is 11.6 Å². The number of halogens is 1. The van der Waals surface area contributed by atoms with Crippen LogP contribution in [0.4, 0.5) is 0 Å². The maximum atomic E-state index is 11.9. The number of ether oxygens (including phenoxy) is 3. The summed E-state index contributed by atoms with van der Waals surface area (Å²) in [5.41, 5.74) is 0.526. The molecule has 1 saturated heterocycles. The first-order valence-electron chi connectivity index (χ1n) is 6.27. The number of benzene rings is 1. The van der Waals surface area contributed by atoms with Gasteiger partial charge in [-0.15, -0.1) is 0 Å². The third-order valence-electron chi connectivity index (χ3n) is 3.03. The minimum Gasteiger partial charge on any atom is -0.495 e. The summed E-state index contributed by atoms with van der Waals surface area (Å²) in [6.45, 7) is 1.30. The third kappa shape index (κ3) is 3.93. The molecule has 0 N–H and O–H groups in total. The number of ketones is 1. The lowest BCUT2D eigenvalue weighted by Crippen LogP contribution is -2.18. The summed E-state index contributed by atoms with van der Waals surface area (Å²) in [6.07, 6.45) is 2.20. The van der Waals surface area contributed by atoms with E-state index in [-0.39, 0.29) is 18.5 Å². The molecular weight excluding hydrogens is 268 g/mol. The van der Waals surface area contributed by atoms with Gasteiger partial charge in [-0.2, -0.15) is 0 Å². The molecular formula is C14H17ClO4. The van der Waals surface area contributed by atoms with Gasteiger partial charge in [0.05, 0.1) is 24.8 Å². The van der Waals surface area contributed by atoms with E-state index in [1.165, 1.54) is 7.11 Å². The third-order valence-corrected chi connectivity index (χ3v) is 3.33. The van der Waals surface area contributed by atoms with E-state index in [2.05, 4.69) is 0 Å². The Hall–Kier alpha value is -1.10. The van der Waals surface area contributed by atoms with Crippen molar-refractivity contribution >= 4 is 17.4 Å². The van der Waals surface area contributed by atoms with Crippen LogP contribution < -0.4 is 4.74 Å². The molecule has 2 rings (SSSR count). The summed E-state index contributed by atoms with van der Waals surface area (Å²) in [4.78, 5) is 11.9. The van der Waals surface area contributed by atoms with Gasteiger partial charge in [0.25, 0.3) is 0 Å². The second kappa shape index (κ2) is 6.89. The van der Waals surface area contributed by atoms with E-state index in [4.69, 9.17) is 25.8 Å². The molecule has 1 aromatic rings. The van der Waals surface area contributed by atoms with Crippen molar-refractivity contribution in [1.29, 1.82) is 0 Å². The molecule has 0 amide bonds. The number of hydrogen-bond acceptors (Lipinski definition) is 4. The summed E-state index contributed by atoms with van der Waals surface area (Å²) in [6, 6.07) is 4.95. The molecule has 1 aliphatic heterocycles. The van der Waals surface area contributed by atoms with E-state index in [0.29, 0.717) is 22.9 Å². The standard InChI is InChI=1S/C14H17ClO4/c1-17-14-5-4-10(7-12(14)15)13(16)9-18-8-11-3-2-6-19-11/h4-5,7,11H,2-3,6,8-9H2,1H3. The van der Waals surface area contributed by atoms with Crippen molar-refractivity contribution in [2.75, 3.05) is 26.9 Å². The predicted molar refractivity (Wildman–Crippen MR) is 72.1 cm³/mol. The summed E-state index contributed by atoms with van der Waals surface area (Å²) in [5.74, 6) is 0.459. The fourth-order valence-electron chi connectivity index (χ4n) is 1.98. The fourth-order valence-corrected chi connectivity index (χ4v) is 2.24. The Kier molecular flexibility index (Phi) is 5.19. The largest absolute Gasteiger partial charge is 0.495 e. The molecule has 1 aliphatic rings. The van der Waals surface area contributed by atoms with E-state index < -0.39 is 0 Å². The normalized spacial score (nSPS) is 18.5. The van der Waals surface area contributed by atoms with E-state index in [1.807, 2.05) is 0 Å². The molecule has 0 bridgehead atoms. The van der Waals surface area contributed by atoms with Crippen LogP contribution in [0.3, 0.4) is 0 Å². The lowest BCUT2D eigenvalue weighted by molar-refractivity contribution is 0.0190. The zero-order chi connectivity index (χ0) is 13.7. The van der Waals surface area contributed by atoms with E-state index >= 15 is 0 Å². The minimum absolute atomic E-state index is 0.0442. The van der Waals surface area contributed by atoms with E-state index in [0.717, 1.165) is 19.4 Å². The maximum absolute atomic E-state index is 11.9. The molecule has 104 valence electrons. The number of methoxy groups -OCH3 is 1. The van der Waals surface area contributed by atoms with Crippen molar-refractivity contribution in [2.24, 2.45) is 0 Å². The highest BCUT2D eigenvalue weighted by Crippen LogP contribution is 2.25. The van der Waals surface area contributed by atoms with Gasteiger partial charge in [-0.05, 0) is 31.0 Å². The molecule has 0 spiro atoms. The fraction of sp³-hybridized carbons (Fsp3) is 0.500. The molecule has 0 saturated carbocycles. The summed E-state index contributed by atoms with van der Waals surface area (Å²) in [5, 5.41) is 0.424. The first kappa shape index (κ1) is 14.3. The Morgan fingerprint density at radius 1 is 1.53 bits per heavy atom. The van der Waals surface area contributed by atoms with Gasteiger partial charge in [0.1, 0.15) is 12.4 Å². The number of hydrogen-bond donors (Lipinski definition) is 0. The molecule has 0 aliphatic carbocycles. The molecule has 1 heterocycles. The van der Waals surface area contributed by atoms with Crippen LogP contribution in [0, 0.1) is 0 Å². The second-order valence-electron chi connectivity index (χ2n) is 4.42. The number of carbonyl (C=O) groups is 1. The molecule has 0 radical (unpaired) electrons. The van der Waals surface area contributed by atoms with Crippen LogP contribution in [0.5, 0.6) is 5.75 Å². The van der Waals surface area contributed by atoms with Crippen molar-refractivity contribution in [3.63, 3.8) is 0 Å². The number of rotatable bonds is 6. The SMILES string of the molecule is COc1ccc(C(=O)COCC2CCCO2)cc1Cl. The Morgan fingerprint density at radius 3 is 3.00 bits per heavy atom. The summed E-state index contributed by atoms with van der Waals surface area (Å²) < 4.78 is 15.8. The van der Waals surface area contributed by atoms with E-state index in [1.54, 1.807) is 18.2 Å². The highest BCUT2D eigenvalue weighted by molar-refractivity contribution is 6.32. The van der Waals surface area contributed by atoms with Crippen molar-refractivity contribution in [1.82, 2.24) is 0 Å². The lowest BCUT2D eigenvalue weighted by Gasteiger charge is -2.10. The smallest absolute Gasteiger partial charge is 0.188 e. The molecule has 1 atom stereocenters. The van der Waals surface area contributed by atoms with Gasteiger partial charge < -0.3 is 14.2 Å². The monoisotopic (exact) mass is 284 g/mol. The first-order chi connectivity index (χ1) is 9.20. The topological polar surface area (TPSA) is 44.8 Å². The van der Waals surface area contributed by atoms with Gasteiger partial charge in [0, 0.05) is 12.2 Å². The Morgan fingerprint density at radius 2 is 2.37 bits per heavy atom. The summed E-state index contributed by atoms with van der Waals surface area (Å²) in [7, 11) is 1.54. The Labute approximate surface area is 117 Å². The van der Waals surface area contributed by atoms with Crippen molar-refractivity contribution in [2.45, 2.75) is 18.9 Å². The quantitative estimate of drug-likeness (QED) is 0.754. The highest BCUT2D eigenvalue weighted by atomic mass is 35.5. The number of Topliss-reactive ketones (excluding diaryl/α,β-unsaturated/α-hetero) is 1. The number of carbonyl (C=O) groups excluding carboxylic acids is 1. The van der Waals surface area contributed by atoms with Crippen LogP contribution in [-0.4, -0.2) is 38.8 Å². The molecule has 4 nitrogen and oxygen atoms in total. The molecule has 19 heavy (non-hydrogen) atoms. The predicted octanol–water partition coefficient (Wildman–Crippen LogP) is 2.73. The summed E-state index contributed by atoms with van der Waals surface area (Å²) >= 11 is 5.97. The molecule has 0 aromatic heterocycles. The molecule has 1 unspecified atom stereocenters. The van der Waals surface area contributed by atoms with Crippen molar-refractivity contribution < 1.29 is 19.0 Å². The minimum atomic E-state index is -0.0949. The van der Waals surface area contributed by atoms with Crippen molar-refractivity contribution in [3.05, 3.63) is 28.8 Å². The van der Waals surface area contributed by atoms with Crippen LogP contribution in [0.2, 0.25) is 5.02 Å². The molecule has 1 aromatic carbocycles. The average Bonchev–Trinajstić information content (AvgIpc) is 2.91. The first-order valence-corrected chi connectivity index (χ1v) is 6.64. The van der Waals surface area contributed by atoms with Gasteiger partial charge in [-0.25, -0.2) is 0 Å². The Bertz CT molecular complexity index is 441. The van der Waals surface area contributed by atoms with Gasteiger partial charge >= 0.3 is 0 Å². The van der Waals surface area contributed by atoms with E-state index in [9.17, 15) is 4.79 Å². The van der Waals surface area contributed by atoms with Crippen molar-refractivity contribution in [3.8, 4) is 5.75 Å². The highest BCUT2D eigenvalue weighted by Gasteiger charge is 2.16. The molecule has 5 heteroatoms. The van der Waals surface area contributed by atoms with Gasteiger partial charge in [0.2, 0.25) is 0 Å². The van der Waals surface area contributed by atoms with Gasteiger partial charge in [-0.1, -0.05) is 11.6 Å². The lowest BCUT2D eigenvalue weighted by atomic mass is 10.1. The maximum Gasteiger partial charge on any atom is 0.188 e. The zero-order valence-corrected chi connectivity index (χ0v) is 11.6. The Balaban J connectivity index is 1.83. The van der Waals surface area contributed by atoms with Crippen LogP contribution in [-0.2, 0) is 9.47 Å². The second-order valence-corrected chi connectivity index (χ2v) is 4.83.